The number of nitrogens with zero attached hydrogens (tertiary/aromatic N) is 1. The Hall–Kier alpha value is -0.535. The Labute approximate surface area is 74.4 Å². The zero-order chi connectivity index (χ0) is 7.84. The van der Waals surface area contributed by atoms with Gasteiger partial charge in [0.2, 0.25) is 0 Å². The van der Waals surface area contributed by atoms with Gasteiger partial charge in [0.15, 0.2) is 7.85 Å². The molecule has 0 N–H and O–H groups in total. The van der Waals surface area contributed by atoms with Crippen molar-refractivity contribution in [3.05, 3.63) is 23.2 Å². The standard InChI is InChI=1S/C7H3BClNS/c8-7-10-6-4(9)2-1-3-5(6)11-7/h1-3H. The molecule has 1 aromatic heterocycles. The van der Waals surface area contributed by atoms with Crippen LogP contribution in [0.3, 0.4) is 0 Å². The van der Waals surface area contributed by atoms with Crippen molar-refractivity contribution in [3.63, 3.8) is 0 Å². The van der Waals surface area contributed by atoms with Crippen LogP contribution in [-0.2, 0) is 0 Å². The van der Waals surface area contributed by atoms with E-state index in [0.29, 0.717) is 9.93 Å². The Balaban J connectivity index is 2.90. The van der Waals surface area contributed by atoms with E-state index in [1.54, 1.807) is 0 Å². The van der Waals surface area contributed by atoms with Crippen LogP contribution in [0.2, 0.25) is 5.02 Å². The van der Waals surface area contributed by atoms with Gasteiger partial charge >= 0.3 is 0 Å². The van der Waals surface area contributed by atoms with Crippen molar-refractivity contribution < 1.29 is 0 Å². The summed E-state index contributed by atoms with van der Waals surface area (Å²) in [6.07, 6.45) is 0. The van der Waals surface area contributed by atoms with Crippen molar-refractivity contribution in [1.82, 2.24) is 4.98 Å². The molecule has 0 aliphatic rings. The Morgan fingerprint density at radius 3 is 3.00 bits per heavy atom. The summed E-state index contributed by atoms with van der Waals surface area (Å²) >= 11 is 7.31. The van der Waals surface area contributed by atoms with E-state index < -0.39 is 0 Å². The van der Waals surface area contributed by atoms with Gasteiger partial charge in [-0.25, -0.2) is 0 Å². The lowest BCUT2D eigenvalue weighted by Crippen LogP contribution is -1.96. The monoisotopic (exact) mass is 179 g/mol. The summed E-state index contributed by atoms with van der Waals surface area (Å²) in [5.41, 5.74) is 0.802. The fourth-order valence-electron chi connectivity index (χ4n) is 0.932. The first kappa shape index (κ1) is 7.13. The molecule has 0 atom stereocenters. The van der Waals surface area contributed by atoms with E-state index in [-0.39, 0.29) is 0 Å². The maximum Gasteiger partial charge on any atom is 0.157 e. The number of halogens is 1. The van der Waals surface area contributed by atoms with Gasteiger partial charge in [0.05, 0.1) is 15.2 Å². The molecule has 0 unspecified atom stereocenters. The lowest BCUT2D eigenvalue weighted by Gasteiger charge is -1.88. The lowest BCUT2D eigenvalue weighted by molar-refractivity contribution is 1.55. The van der Waals surface area contributed by atoms with Crippen LogP contribution in [0.5, 0.6) is 0 Å². The molecule has 2 radical (unpaired) electrons. The highest BCUT2D eigenvalue weighted by molar-refractivity contribution is 7.25. The fourth-order valence-corrected chi connectivity index (χ4v) is 1.97. The second-order valence-corrected chi connectivity index (χ2v) is 3.61. The Morgan fingerprint density at radius 2 is 2.27 bits per heavy atom. The van der Waals surface area contributed by atoms with E-state index in [2.05, 4.69) is 4.98 Å². The number of aromatic nitrogens is 1. The zero-order valence-electron chi connectivity index (χ0n) is 5.54. The van der Waals surface area contributed by atoms with E-state index in [9.17, 15) is 0 Å². The predicted octanol–water partition coefficient (Wildman–Crippen LogP) is 1.74. The Bertz CT molecular complexity index is 398. The Kier molecular flexibility index (Phi) is 1.62. The fraction of sp³-hybridized carbons (Fsp3) is 0. The second-order valence-electron chi connectivity index (χ2n) is 2.14. The van der Waals surface area contributed by atoms with E-state index in [0.717, 1.165) is 10.2 Å². The van der Waals surface area contributed by atoms with Gasteiger partial charge < -0.3 is 0 Å². The molecule has 2 aromatic rings. The van der Waals surface area contributed by atoms with Crippen molar-refractivity contribution in [2.75, 3.05) is 0 Å². The third-order valence-electron chi connectivity index (χ3n) is 1.39. The van der Waals surface area contributed by atoms with E-state index in [4.69, 9.17) is 19.4 Å². The number of para-hydroxylation sites is 1. The maximum atomic E-state index is 5.86. The maximum absolute atomic E-state index is 5.86. The molecule has 1 aromatic carbocycles. The van der Waals surface area contributed by atoms with E-state index in [1.165, 1.54) is 11.3 Å². The highest BCUT2D eigenvalue weighted by Crippen LogP contribution is 2.22. The molecule has 0 aliphatic heterocycles. The normalized spacial score (nSPS) is 10.6. The zero-order valence-corrected chi connectivity index (χ0v) is 7.12. The first-order chi connectivity index (χ1) is 5.27. The molecule has 4 heteroatoms. The quantitative estimate of drug-likeness (QED) is 0.562. The highest BCUT2D eigenvalue weighted by atomic mass is 35.5. The van der Waals surface area contributed by atoms with Gasteiger partial charge in [0.25, 0.3) is 0 Å². The minimum Gasteiger partial charge on any atom is -0.252 e. The summed E-state index contributed by atoms with van der Waals surface area (Å²) in [6.45, 7) is 0. The third-order valence-corrected chi connectivity index (χ3v) is 2.54. The van der Waals surface area contributed by atoms with Gasteiger partial charge in [-0.2, -0.15) is 0 Å². The Morgan fingerprint density at radius 1 is 1.45 bits per heavy atom. The van der Waals surface area contributed by atoms with Gasteiger partial charge in [0.1, 0.15) is 0 Å². The van der Waals surface area contributed by atoms with Crippen molar-refractivity contribution in [2.45, 2.75) is 0 Å². The molecule has 0 saturated carbocycles. The van der Waals surface area contributed by atoms with Gasteiger partial charge in [-0.05, 0) is 12.1 Å². The summed E-state index contributed by atoms with van der Waals surface area (Å²) in [5.74, 6) is 0. The van der Waals surface area contributed by atoms with Crippen LogP contribution < -0.4 is 4.91 Å². The molecule has 2 rings (SSSR count). The lowest BCUT2D eigenvalue weighted by atomic mass is 10.2. The average Bonchev–Trinajstić information content (AvgIpc) is 2.31. The molecule has 0 bridgehead atoms. The molecule has 0 aliphatic carbocycles. The van der Waals surface area contributed by atoms with Gasteiger partial charge in [-0.3, -0.25) is 4.98 Å². The first-order valence-electron chi connectivity index (χ1n) is 3.08. The van der Waals surface area contributed by atoms with Gasteiger partial charge in [-0.15, -0.1) is 11.3 Å². The summed E-state index contributed by atoms with van der Waals surface area (Å²) in [5, 5.41) is 0.662. The molecule has 0 spiro atoms. The average molecular weight is 179 g/mol. The van der Waals surface area contributed by atoms with Crippen LogP contribution in [0.25, 0.3) is 10.2 Å². The molecule has 1 nitrogen and oxygen atoms in total. The van der Waals surface area contributed by atoms with E-state index in [1.807, 2.05) is 18.2 Å². The highest BCUT2D eigenvalue weighted by Gasteiger charge is 2.01. The number of thiazole rings is 1. The topological polar surface area (TPSA) is 12.9 Å². The number of fused-ring (bicyclic) bond motifs is 1. The first-order valence-corrected chi connectivity index (χ1v) is 4.27. The van der Waals surface area contributed by atoms with Crippen LogP contribution in [0, 0.1) is 0 Å². The molecule has 0 amide bonds. The summed E-state index contributed by atoms with van der Waals surface area (Å²) < 4.78 is 1.04. The molecular weight excluding hydrogens is 176 g/mol. The molecular formula is C7H3BClNS. The molecule has 52 valence electrons. The minimum absolute atomic E-state index is 0.563. The second kappa shape index (κ2) is 2.50. The summed E-state index contributed by atoms with van der Waals surface area (Å²) in [6, 6.07) is 5.65. The van der Waals surface area contributed by atoms with Crippen LogP contribution in [-0.4, -0.2) is 12.8 Å². The summed E-state index contributed by atoms with van der Waals surface area (Å²) in [7, 11) is 5.51. The number of hydrogen-bond acceptors (Lipinski definition) is 2. The molecule has 11 heavy (non-hydrogen) atoms. The van der Waals surface area contributed by atoms with Crippen LogP contribution >= 0.6 is 22.9 Å². The van der Waals surface area contributed by atoms with Crippen LogP contribution in [0.1, 0.15) is 0 Å². The number of hydrogen-bond donors (Lipinski definition) is 0. The van der Waals surface area contributed by atoms with Crippen molar-refractivity contribution >= 4 is 45.9 Å². The third kappa shape index (κ3) is 1.14. The van der Waals surface area contributed by atoms with Gasteiger partial charge in [-0.1, -0.05) is 17.7 Å². The van der Waals surface area contributed by atoms with E-state index >= 15 is 0 Å². The van der Waals surface area contributed by atoms with Crippen LogP contribution in [0.4, 0.5) is 0 Å². The minimum atomic E-state index is 0.563. The molecule has 0 saturated heterocycles. The smallest absolute Gasteiger partial charge is 0.157 e. The van der Waals surface area contributed by atoms with Crippen molar-refractivity contribution in [3.8, 4) is 0 Å². The number of benzene rings is 1. The largest absolute Gasteiger partial charge is 0.252 e. The van der Waals surface area contributed by atoms with Gasteiger partial charge in [0, 0.05) is 4.91 Å². The van der Waals surface area contributed by atoms with Crippen LogP contribution in [0.15, 0.2) is 18.2 Å². The van der Waals surface area contributed by atoms with Crippen molar-refractivity contribution in [2.24, 2.45) is 0 Å². The molecule has 0 fully saturated rings. The molecule has 1 heterocycles. The summed E-state index contributed by atoms with van der Waals surface area (Å²) in [4.78, 5) is 4.64. The SMILES string of the molecule is [B]c1nc2c(Cl)cccc2s1. The van der Waals surface area contributed by atoms with Crippen molar-refractivity contribution in [1.29, 1.82) is 0 Å². The number of rotatable bonds is 0. The predicted molar refractivity (Wildman–Crippen MR) is 50.0 cm³/mol.